The van der Waals surface area contributed by atoms with Gasteiger partial charge in [-0.2, -0.15) is 0 Å². The van der Waals surface area contributed by atoms with Gasteiger partial charge in [0.25, 0.3) is 0 Å². The highest BCUT2D eigenvalue weighted by atomic mass is 32.2. The summed E-state index contributed by atoms with van der Waals surface area (Å²) in [5.41, 5.74) is -0.483. The number of carboxylic acid groups (broad SMARTS) is 1. The molecule has 21 heavy (non-hydrogen) atoms. The maximum absolute atomic E-state index is 12.2. The first kappa shape index (κ1) is 15.1. The Morgan fingerprint density at radius 2 is 2.05 bits per heavy atom. The van der Waals surface area contributed by atoms with Gasteiger partial charge in [0.05, 0.1) is 17.2 Å². The summed E-state index contributed by atoms with van der Waals surface area (Å²) in [6.07, 6.45) is 1.42. The minimum atomic E-state index is -3.94. The highest BCUT2D eigenvalue weighted by molar-refractivity contribution is 7.89. The normalized spacial score (nSPS) is 13.0. The van der Waals surface area contributed by atoms with Crippen LogP contribution in [0.4, 0.5) is 0 Å². The van der Waals surface area contributed by atoms with Crippen molar-refractivity contribution >= 4 is 16.0 Å². The van der Waals surface area contributed by atoms with Gasteiger partial charge in [-0.05, 0) is 37.3 Å². The Bertz CT molecular complexity index is 751. The molecule has 0 aliphatic rings. The summed E-state index contributed by atoms with van der Waals surface area (Å²) >= 11 is 0. The molecule has 0 fully saturated rings. The lowest BCUT2D eigenvalue weighted by atomic mass is 10.2. The maximum atomic E-state index is 12.2. The molecule has 0 saturated carbocycles. The van der Waals surface area contributed by atoms with Crippen LogP contribution in [-0.4, -0.2) is 24.6 Å². The third-order valence-corrected chi connectivity index (χ3v) is 4.35. The van der Waals surface area contributed by atoms with Crippen molar-refractivity contribution in [1.82, 2.24) is 4.72 Å². The van der Waals surface area contributed by atoms with Crippen LogP contribution >= 0.6 is 0 Å². The Balaban J connectivity index is 2.32. The van der Waals surface area contributed by atoms with Gasteiger partial charge in [-0.25, -0.2) is 17.9 Å². The lowest BCUT2D eigenvalue weighted by Gasteiger charge is -2.12. The van der Waals surface area contributed by atoms with Crippen LogP contribution in [-0.2, 0) is 10.0 Å². The largest absolute Gasteiger partial charge is 0.507 e. The van der Waals surface area contributed by atoms with E-state index in [1.807, 2.05) is 0 Å². The SMILES string of the molecule is CC(NS(=O)(=O)c1ccc(O)c(C(=O)O)c1)c1ccco1. The summed E-state index contributed by atoms with van der Waals surface area (Å²) in [6, 6.07) is 5.67. The highest BCUT2D eigenvalue weighted by Gasteiger charge is 2.22. The van der Waals surface area contributed by atoms with Gasteiger partial charge < -0.3 is 14.6 Å². The van der Waals surface area contributed by atoms with E-state index in [-0.39, 0.29) is 4.90 Å². The van der Waals surface area contributed by atoms with Crippen molar-refractivity contribution in [3.63, 3.8) is 0 Å². The number of carbonyl (C=O) groups is 1. The first-order valence-electron chi connectivity index (χ1n) is 5.93. The first-order chi connectivity index (χ1) is 9.81. The summed E-state index contributed by atoms with van der Waals surface area (Å²) in [7, 11) is -3.94. The molecule has 2 rings (SSSR count). The van der Waals surface area contributed by atoms with Crippen molar-refractivity contribution in [3.8, 4) is 5.75 Å². The Morgan fingerprint density at radius 3 is 2.62 bits per heavy atom. The fourth-order valence-corrected chi connectivity index (χ4v) is 2.99. The van der Waals surface area contributed by atoms with Crippen LogP contribution in [0, 0.1) is 0 Å². The zero-order chi connectivity index (χ0) is 15.6. The molecule has 0 saturated heterocycles. The summed E-state index contributed by atoms with van der Waals surface area (Å²) in [5.74, 6) is -1.49. The number of nitrogens with one attached hydrogen (secondary N) is 1. The van der Waals surface area contributed by atoms with Crippen LogP contribution < -0.4 is 4.72 Å². The standard InChI is InChI=1S/C13H13NO6S/c1-8(12-3-2-6-20-12)14-21(18,19)9-4-5-11(15)10(7-9)13(16)17/h2-8,14-15H,1H3,(H,16,17). The van der Waals surface area contributed by atoms with Gasteiger partial charge in [0.2, 0.25) is 10.0 Å². The van der Waals surface area contributed by atoms with Gasteiger partial charge in [-0.3, -0.25) is 0 Å². The molecule has 0 spiro atoms. The van der Waals surface area contributed by atoms with Crippen molar-refractivity contribution in [1.29, 1.82) is 0 Å². The molecule has 1 heterocycles. The fraction of sp³-hybridized carbons (Fsp3) is 0.154. The van der Waals surface area contributed by atoms with Gasteiger partial charge in [-0.1, -0.05) is 0 Å². The monoisotopic (exact) mass is 311 g/mol. The van der Waals surface area contributed by atoms with Gasteiger partial charge in [0.1, 0.15) is 17.1 Å². The molecule has 0 radical (unpaired) electrons. The predicted octanol–water partition coefficient (Wildman–Crippen LogP) is 1.72. The second-order valence-electron chi connectivity index (χ2n) is 4.34. The Morgan fingerprint density at radius 1 is 1.33 bits per heavy atom. The summed E-state index contributed by atoms with van der Waals surface area (Å²) in [6.45, 7) is 1.59. The van der Waals surface area contributed by atoms with Crippen LogP contribution in [0.15, 0.2) is 45.9 Å². The second kappa shape index (κ2) is 5.58. The molecule has 1 aromatic heterocycles. The molecular weight excluding hydrogens is 298 g/mol. The molecule has 2 aromatic rings. The minimum Gasteiger partial charge on any atom is -0.507 e. The average molecular weight is 311 g/mol. The number of carboxylic acids is 1. The van der Waals surface area contributed by atoms with E-state index in [0.717, 1.165) is 18.2 Å². The van der Waals surface area contributed by atoms with E-state index in [0.29, 0.717) is 5.76 Å². The zero-order valence-electron chi connectivity index (χ0n) is 11.0. The molecular formula is C13H13NO6S. The van der Waals surface area contributed by atoms with Gasteiger partial charge >= 0.3 is 5.97 Å². The van der Waals surface area contributed by atoms with Crippen molar-refractivity contribution in [2.75, 3.05) is 0 Å². The summed E-state index contributed by atoms with van der Waals surface area (Å²) in [4.78, 5) is 10.7. The van der Waals surface area contributed by atoms with Crippen LogP contribution in [0.3, 0.4) is 0 Å². The molecule has 3 N–H and O–H groups in total. The fourth-order valence-electron chi connectivity index (χ4n) is 1.75. The van der Waals surface area contributed by atoms with Crippen LogP contribution in [0.1, 0.15) is 29.1 Å². The Labute approximate surface area is 120 Å². The third-order valence-electron chi connectivity index (χ3n) is 2.81. The van der Waals surface area contributed by atoms with Crippen LogP contribution in [0.5, 0.6) is 5.75 Å². The lowest BCUT2D eigenvalue weighted by Crippen LogP contribution is -2.26. The molecule has 112 valence electrons. The maximum Gasteiger partial charge on any atom is 0.339 e. The van der Waals surface area contributed by atoms with E-state index < -0.39 is 33.3 Å². The van der Waals surface area contributed by atoms with Crippen LogP contribution in [0.2, 0.25) is 0 Å². The topological polar surface area (TPSA) is 117 Å². The number of phenols is 1. The molecule has 0 aliphatic carbocycles. The summed E-state index contributed by atoms with van der Waals surface area (Å²) < 4.78 is 31.9. The van der Waals surface area contributed by atoms with Crippen molar-refractivity contribution in [2.45, 2.75) is 17.9 Å². The van der Waals surface area contributed by atoms with E-state index >= 15 is 0 Å². The number of hydrogen-bond acceptors (Lipinski definition) is 5. The van der Waals surface area contributed by atoms with Crippen molar-refractivity contribution < 1.29 is 27.8 Å². The van der Waals surface area contributed by atoms with E-state index in [1.165, 1.54) is 6.26 Å². The number of furan rings is 1. The Hall–Kier alpha value is -2.32. The lowest BCUT2D eigenvalue weighted by molar-refractivity contribution is 0.0693. The number of aromatic hydroxyl groups is 1. The number of sulfonamides is 1. The smallest absolute Gasteiger partial charge is 0.339 e. The molecule has 1 unspecified atom stereocenters. The predicted molar refractivity (Wildman–Crippen MR) is 72.5 cm³/mol. The molecule has 0 aliphatic heterocycles. The number of hydrogen-bond donors (Lipinski definition) is 3. The van der Waals surface area contributed by atoms with Crippen molar-refractivity contribution in [3.05, 3.63) is 47.9 Å². The molecule has 1 atom stereocenters. The molecule has 0 amide bonds. The molecule has 0 bridgehead atoms. The van der Waals surface area contributed by atoms with E-state index in [1.54, 1.807) is 19.1 Å². The molecule has 7 nitrogen and oxygen atoms in total. The third kappa shape index (κ3) is 3.23. The van der Waals surface area contributed by atoms with E-state index in [9.17, 15) is 18.3 Å². The molecule has 1 aromatic carbocycles. The quantitative estimate of drug-likeness (QED) is 0.774. The zero-order valence-corrected chi connectivity index (χ0v) is 11.8. The van der Waals surface area contributed by atoms with E-state index in [4.69, 9.17) is 9.52 Å². The number of aromatic carboxylic acids is 1. The molecule has 8 heteroatoms. The number of benzene rings is 1. The van der Waals surface area contributed by atoms with Crippen LogP contribution in [0.25, 0.3) is 0 Å². The Kier molecular flexibility index (Phi) is 4.01. The van der Waals surface area contributed by atoms with Gasteiger partial charge in [0.15, 0.2) is 0 Å². The minimum absolute atomic E-state index is 0.254. The number of rotatable bonds is 5. The van der Waals surface area contributed by atoms with Gasteiger partial charge in [-0.15, -0.1) is 0 Å². The second-order valence-corrected chi connectivity index (χ2v) is 6.06. The summed E-state index contributed by atoms with van der Waals surface area (Å²) in [5, 5.41) is 18.3. The first-order valence-corrected chi connectivity index (χ1v) is 7.41. The highest BCUT2D eigenvalue weighted by Crippen LogP contribution is 2.23. The van der Waals surface area contributed by atoms with Gasteiger partial charge in [0, 0.05) is 0 Å². The van der Waals surface area contributed by atoms with E-state index in [2.05, 4.69) is 4.72 Å². The van der Waals surface area contributed by atoms with Crippen molar-refractivity contribution in [2.24, 2.45) is 0 Å². The average Bonchev–Trinajstić information content (AvgIpc) is 2.92.